The molecule has 0 unspecified atom stereocenters. The third-order valence-electron chi connectivity index (χ3n) is 5.84. The SMILES string of the molecule is COC(c1ccc2c(c1)OCO2)(c1ccc2c(c1)OCO2)C1CCNCC1. The van der Waals surface area contributed by atoms with Crippen LogP contribution in [0.15, 0.2) is 36.4 Å². The summed E-state index contributed by atoms with van der Waals surface area (Å²) in [6.07, 6.45) is 2.05. The van der Waals surface area contributed by atoms with Crippen molar-refractivity contribution in [3.63, 3.8) is 0 Å². The highest BCUT2D eigenvalue weighted by molar-refractivity contribution is 5.52. The molecule has 0 atom stereocenters. The summed E-state index contributed by atoms with van der Waals surface area (Å²) < 4.78 is 28.6. The van der Waals surface area contributed by atoms with Crippen LogP contribution in [0.25, 0.3) is 0 Å². The predicted molar refractivity (Wildman–Crippen MR) is 98.5 cm³/mol. The minimum atomic E-state index is -0.593. The van der Waals surface area contributed by atoms with Crippen molar-refractivity contribution >= 4 is 0 Å². The lowest BCUT2D eigenvalue weighted by Gasteiger charge is -2.42. The second kappa shape index (κ2) is 6.62. The molecule has 1 N–H and O–H groups in total. The van der Waals surface area contributed by atoms with Crippen LogP contribution in [0.2, 0.25) is 0 Å². The predicted octanol–water partition coefficient (Wildman–Crippen LogP) is 3.03. The maximum Gasteiger partial charge on any atom is 0.231 e. The van der Waals surface area contributed by atoms with Crippen molar-refractivity contribution in [3.05, 3.63) is 47.5 Å². The molecule has 0 bridgehead atoms. The van der Waals surface area contributed by atoms with Crippen LogP contribution in [0.5, 0.6) is 23.0 Å². The number of ether oxygens (including phenoxy) is 5. The molecule has 0 aromatic heterocycles. The topological polar surface area (TPSA) is 58.2 Å². The minimum Gasteiger partial charge on any atom is -0.454 e. The molecule has 3 heterocycles. The van der Waals surface area contributed by atoms with Gasteiger partial charge in [-0.3, -0.25) is 0 Å². The number of hydrogen-bond acceptors (Lipinski definition) is 6. The highest BCUT2D eigenvalue weighted by Crippen LogP contribution is 2.48. The zero-order valence-electron chi connectivity index (χ0n) is 15.3. The average Bonchev–Trinajstić information content (AvgIpc) is 3.38. The highest BCUT2D eigenvalue weighted by atomic mass is 16.7. The normalized spacial score (nSPS) is 18.7. The van der Waals surface area contributed by atoms with E-state index in [1.807, 2.05) is 12.1 Å². The molecule has 6 nitrogen and oxygen atoms in total. The van der Waals surface area contributed by atoms with Gasteiger partial charge in [0.1, 0.15) is 5.60 Å². The van der Waals surface area contributed by atoms with E-state index >= 15 is 0 Å². The Hall–Kier alpha value is -2.44. The van der Waals surface area contributed by atoms with Crippen LogP contribution in [0.4, 0.5) is 0 Å². The first kappa shape index (κ1) is 16.7. The molecular formula is C21H23NO5. The lowest BCUT2D eigenvalue weighted by molar-refractivity contribution is -0.0399. The minimum absolute atomic E-state index is 0.260. The van der Waals surface area contributed by atoms with Crippen LogP contribution in [-0.4, -0.2) is 33.8 Å². The number of methoxy groups -OCH3 is 1. The summed E-state index contributed by atoms with van der Waals surface area (Å²) in [6.45, 7) is 2.47. The van der Waals surface area contributed by atoms with Crippen molar-refractivity contribution in [1.82, 2.24) is 5.32 Å². The van der Waals surface area contributed by atoms with Gasteiger partial charge in [0.15, 0.2) is 23.0 Å². The summed E-state index contributed by atoms with van der Waals surface area (Å²) in [5.41, 5.74) is 1.55. The Bertz CT molecular complexity index is 789. The Morgan fingerprint density at radius 2 is 1.33 bits per heavy atom. The molecule has 0 aliphatic carbocycles. The molecule has 0 saturated carbocycles. The first-order valence-corrected chi connectivity index (χ1v) is 9.37. The van der Waals surface area contributed by atoms with Crippen LogP contribution < -0.4 is 24.3 Å². The number of fused-ring (bicyclic) bond motifs is 2. The monoisotopic (exact) mass is 369 g/mol. The second-order valence-electron chi connectivity index (χ2n) is 7.10. The van der Waals surface area contributed by atoms with Crippen LogP contribution in [-0.2, 0) is 10.3 Å². The van der Waals surface area contributed by atoms with Gasteiger partial charge in [-0.2, -0.15) is 0 Å². The molecule has 1 saturated heterocycles. The Labute approximate surface area is 158 Å². The van der Waals surface area contributed by atoms with Gasteiger partial charge >= 0.3 is 0 Å². The summed E-state index contributed by atoms with van der Waals surface area (Å²) >= 11 is 0. The maximum absolute atomic E-state index is 6.35. The van der Waals surface area contributed by atoms with Gasteiger partial charge in [0.05, 0.1) is 0 Å². The van der Waals surface area contributed by atoms with Crippen molar-refractivity contribution in [2.45, 2.75) is 18.4 Å². The van der Waals surface area contributed by atoms with Gasteiger partial charge in [0, 0.05) is 7.11 Å². The summed E-state index contributed by atoms with van der Waals surface area (Å²) in [5, 5.41) is 3.45. The molecule has 1 fully saturated rings. The van der Waals surface area contributed by atoms with Gasteiger partial charge in [-0.05, 0) is 67.2 Å². The quantitative estimate of drug-likeness (QED) is 0.894. The van der Waals surface area contributed by atoms with Gasteiger partial charge in [-0.25, -0.2) is 0 Å². The number of nitrogens with one attached hydrogen (secondary N) is 1. The number of benzene rings is 2. The third-order valence-corrected chi connectivity index (χ3v) is 5.84. The molecule has 6 heteroatoms. The van der Waals surface area contributed by atoms with E-state index in [0.29, 0.717) is 5.92 Å². The molecule has 0 radical (unpaired) electrons. The molecular weight excluding hydrogens is 346 g/mol. The molecule has 0 amide bonds. The van der Waals surface area contributed by atoms with Crippen LogP contribution in [0, 0.1) is 5.92 Å². The van der Waals surface area contributed by atoms with Gasteiger partial charge in [0.25, 0.3) is 0 Å². The van der Waals surface area contributed by atoms with Crippen LogP contribution in [0.3, 0.4) is 0 Å². The van der Waals surface area contributed by atoms with E-state index in [4.69, 9.17) is 23.7 Å². The molecule has 27 heavy (non-hydrogen) atoms. The lowest BCUT2D eigenvalue weighted by atomic mass is 9.72. The first-order chi connectivity index (χ1) is 13.3. The third kappa shape index (κ3) is 2.63. The summed E-state index contributed by atoms with van der Waals surface area (Å²) in [4.78, 5) is 0. The van der Waals surface area contributed by atoms with Crippen molar-refractivity contribution < 1.29 is 23.7 Å². The van der Waals surface area contributed by atoms with Gasteiger partial charge in [-0.15, -0.1) is 0 Å². The average molecular weight is 369 g/mol. The number of piperidine rings is 1. The molecule has 3 aliphatic rings. The highest BCUT2D eigenvalue weighted by Gasteiger charge is 2.44. The Balaban J connectivity index is 1.66. The van der Waals surface area contributed by atoms with E-state index in [2.05, 4.69) is 29.6 Å². The summed E-state index contributed by atoms with van der Waals surface area (Å²) in [7, 11) is 1.79. The summed E-state index contributed by atoms with van der Waals surface area (Å²) in [6, 6.07) is 12.2. The smallest absolute Gasteiger partial charge is 0.231 e. The fourth-order valence-electron chi connectivity index (χ4n) is 4.52. The second-order valence-corrected chi connectivity index (χ2v) is 7.10. The van der Waals surface area contributed by atoms with Crippen molar-refractivity contribution in [2.24, 2.45) is 5.92 Å². The van der Waals surface area contributed by atoms with E-state index < -0.39 is 5.60 Å². The van der Waals surface area contributed by atoms with E-state index in [9.17, 15) is 0 Å². The van der Waals surface area contributed by atoms with Crippen molar-refractivity contribution in [1.29, 1.82) is 0 Å². The zero-order chi connectivity index (χ0) is 18.3. The lowest BCUT2D eigenvalue weighted by Crippen LogP contribution is -2.44. The number of rotatable bonds is 4. The first-order valence-electron chi connectivity index (χ1n) is 9.37. The zero-order valence-corrected chi connectivity index (χ0v) is 15.3. The van der Waals surface area contributed by atoms with Crippen molar-refractivity contribution in [3.8, 4) is 23.0 Å². The van der Waals surface area contributed by atoms with Crippen molar-refractivity contribution in [2.75, 3.05) is 33.8 Å². The molecule has 142 valence electrons. The number of hydrogen-bond donors (Lipinski definition) is 1. The van der Waals surface area contributed by atoms with E-state index in [-0.39, 0.29) is 13.6 Å². The fourth-order valence-corrected chi connectivity index (χ4v) is 4.52. The van der Waals surface area contributed by atoms with Crippen LogP contribution in [0.1, 0.15) is 24.0 Å². The molecule has 2 aromatic rings. The standard InChI is InChI=1S/C21H23NO5/c1-23-21(14-6-8-22-9-7-14,15-2-4-17-19(10-15)26-12-24-17)16-3-5-18-20(11-16)27-13-25-18/h2-5,10-11,14,22H,6-9,12-13H2,1H3. The Morgan fingerprint density at radius 3 is 1.85 bits per heavy atom. The van der Waals surface area contributed by atoms with Gasteiger partial charge in [-0.1, -0.05) is 12.1 Å². The van der Waals surface area contributed by atoms with Crippen LogP contribution >= 0.6 is 0 Å². The summed E-state index contributed by atoms with van der Waals surface area (Å²) in [5.74, 6) is 3.41. The fraction of sp³-hybridized carbons (Fsp3) is 0.429. The largest absolute Gasteiger partial charge is 0.454 e. The maximum atomic E-state index is 6.35. The Morgan fingerprint density at radius 1 is 0.815 bits per heavy atom. The van der Waals surface area contributed by atoms with E-state index in [1.54, 1.807) is 7.11 Å². The molecule has 5 rings (SSSR count). The van der Waals surface area contributed by atoms with Gasteiger partial charge < -0.3 is 29.0 Å². The molecule has 0 spiro atoms. The van der Waals surface area contributed by atoms with E-state index in [1.165, 1.54) is 0 Å². The van der Waals surface area contributed by atoms with Gasteiger partial charge in [0.2, 0.25) is 13.6 Å². The molecule has 2 aromatic carbocycles. The molecule has 3 aliphatic heterocycles. The Kier molecular flexibility index (Phi) is 4.10. The van der Waals surface area contributed by atoms with E-state index in [0.717, 1.165) is 60.1 Å².